The maximum atomic E-state index is 10.2. The Labute approximate surface area is 119 Å². The molecule has 3 aromatic rings. The van der Waals surface area contributed by atoms with Crippen molar-refractivity contribution in [3.63, 3.8) is 0 Å². The molecule has 0 aliphatic heterocycles. The summed E-state index contributed by atoms with van der Waals surface area (Å²) in [6.07, 6.45) is 0. The Morgan fingerprint density at radius 1 is 0.950 bits per heavy atom. The third-order valence-corrected chi connectivity index (χ3v) is 3.65. The fraction of sp³-hybridized carbons (Fsp3) is 0.222. The van der Waals surface area contributed by atoms with Gasteiger partial charge in [0.15, 0.2) is 0 Å². The van der Waals surface area contributed by atoms with Crippen LogP contribution in [-0.4, -0.2) is 10.1 Å². The van der Waals surface area contributed by atoms with Gasteiger partial charge in [-0.05, 0) is 29.2 Å². The number of phenolic OH excluding ortho intramolecular Hbond substituents is 1. The predicted octanol–water partition coefficient (Wildman–Crippen LogP) is 4.84. The number of hydrogen-bond donors (Lipinski definition) is 2. The Hall–Kier alpha value is -2.22. The van der Waals surface area contributed by atoms with Crippen LogP contribution in [0.15, 0.2) is 48.5 Å². The fourth-order valence-corrected chi connectivity index (χ4v) is 2.56. The molecule has 0 bridgehead atoms. The minimum Gasteiger partial charge on any atom is -0.508 e. The largest absolute Gasteiger partial charge is 0.508 e. The van der Waals surface area contributed by atoms with Crippen LogP contribution in [0.2, 0.25) is 0 Å². The molecule has 0 aliphatic rings. The van der Waals surface area contributed by atoms with Crippen LogP contribution >= 0.6 is 0 Å². The summed E-state index contributed by atoms with van der Waals surface area (Å²) in [4.78, 5) is 3.39. The van der Waals surface area contributed by atoms with Crippen LogP contribution in [0.25, 0.3) is 22.2 Å². The van der Waals surface area contributed by atoms with Crippen LogP contribution in [0.4, 0.5) is 0 Å². The molecular weight excluding hydrogens is 246 g/mol. The number of aromatic hydroxyl groups is 1. The summed E-state index contributed by atoms with van der Waals surface area (Å²) in [7, 11) is 0. The topological polar surface area (TPSA) is 36.0 Å². The molecule has 0 spiro atoms. The lowest BCUT2D eigenvalue weighted by Gasteiger charge is -2.20. The molecule has 0 aliphatic carbocycles. The van der Waals surface area contributed by atoms with Crippen molar-refractivity contribution in [1.82, 2.24) is 4.98 Å². The van der Waals surface area contributed by atoms with Gasteiger partial charge in [0.25, 0.3) is 0 Å². The molecule has 1 aromatic heterocycles. The van der Waals surface area contributed by atoms with E-state index in [4.69, 9.17) is 0 Å². The van der Waals surface area contributed by atoms with Gasteiger partial charge in [0, 0.05) is 22.2 Å². The number of H-pyrrole nitrogens is 1. The van der Waals surface area contributed by atoms with E-state index in [1.165, 1.54) is 5.39 Å². The van der Waals surface area contributed by atoms with Crippen LogP contribution in [0, 0.1) is 0 Å². The van der Waals surface area contributed by atoms with E-state index in [0.29, 0.717) is 5.75 Å². The van der Waals surface area contributed by atoms with Crippen LogP contribution < -0.4 is 0 Å². The minimum atomic E-state index is -0.0525. The van der Waals surface area contributed by atoms with Crippen molar-refractivity contribution >= 4 is 10.9 Å². The number of benzene rings is 2. The van der Waals surface area contributed by atoms with E-state index in [2.05, 4.69) is 50.0 Å². The second-order valence-corrected chi connectivity index (χ2v) is 6.25. The quantitative estimate of drug-likeness (QED) is 0.649. The highest BCUT2D eigenvalue weighted by atomic mass is 16.3. The van der Waals surface area contributed by atoms with Crippen LogP contribution in [0.3, 0.4) is 0 Å². The van der Waals surface area contributed by atoms with Crippen LogP contribution in [0.1, 0.15) is 26.3 Å². The lowest BCUT2D eigenvalue weighted by Crippen LogP contribution is -2.11. The molecule has 2 aromatic carbocycles. The summed E-state index contributed by atoms with van der Waals surface area (Å²) >= 11 is 0. The summed E-state index contributed by atoms with van der Waals surface area (Å²) in [5.41, 5.74) is 4.07. The Morgan fingerprint density at radius 2 is 1.70 bits per heavy atom. The first-order valence-corrected chi connectivity index (χ1v) is 6.87. The summed E-state index contributed by atoms with van der Waals surface area (Å²) < 4.78 is 0. The first kappa shape index (κ1) is 12.8. The smallest absolute Gasteiger partial charge is 0.119 e. The third kappa shape index (κ3) is 2.18. The molecule has 2 heteroatoms. The Kier molecular flexibility index (Phi) is 2.82. The van der Waals surface area contributed by atoms with Crippen molar-refractivity contribution in [1.29, 1.82) is 0 Å². The van der Waals surface area contributed by atoms with Crippen molar-refractivity contribution < 1.29 is 5.11 Å². The molecule has 0 atom stereocenters. The number of nitrogens with one attached hydrogen (secondary N) is 1. The summed E-state index contributed by atoms with van der Waals surface area (Å²) in [6, 6.07) is 16.2. The number of para-hydroxylation sites is 1. The molecule has 102 valence electrons. The van der Waals surface area contributed by atoms with Crippen molar-refractivity contribution in [3.05, 3.63) is 54.1 Å². The molecule has 0 saturated carbocycles. The van der Waals surface area contributed by atoms with Gasteiger partial charge in [-0.25, -0.2) is 0 Å². The zero-order valence-corrected chi connectivity index (χ0v) is 12.1. The zero-order valence-electron chi connectivity index (χ0n) is 12.1. The highest BCUT2D eigenvalue weighted by Gasteiger charge is 2.18. The van der Waals surface area contributed by atoms with E-state index in [-0.39, 0.29) is 5.41 Å². The van der Waals surface area contributed by atoms with E-state index in [0.717, 1.165) is 22.3 Å². The number of phenols is 1. The first-order valence-electron chi connectivity index (χ1n) is 6.87. The van der Waals surface area contributed by atoms with Gasteiger partial charge >= 0.3 is 0 Å². The normalized spacial score (nSPS) is 11.9. The average Bonchev–Trinajstić information content (AvgIpc) is 2.80. The first-order chi connectivity index (χ1) is 9.45. The maximum absolute atomic E-state index is 10.2. The number of hydrogen-bond acceptors (Lipinski definition) is 1. The SMILES string of the molecule is CC(C)(C)c1ccc(-c2cc3ccccc3[nH]2)cc1O. The molecule has 0 fully saturated rings. The van der Waals surface area contributed by atoms with Gasteiger partial charge in [0.2, 0.25) is 0 Å². The van der Waals surface area contributed by atoms with Gasteiger partial charge in [0.1, 0.15) is 5.75 Å². The van der Waals surface area contributed by atoms with E-state index >= 15 is 0 Å². The predicted molar refractivity (Wildman–Crippen MR) is 84.1 cm³/mol. The minimum absolute atomic E-state index is 0.0525. The highest BCUT2D eigenvalue weighted by Crippen LogP contribution is 2.34. The zero-order chi connectivity index (χ0) is 14.3. The van der Waals surface area contributed by atoms with Gasteiger partial charge in [-0.1, -0.05) is 51.1 Å². The standard InChI is InChI=1S/C18H19NO/c1-18(2,3)14-9-8-13(11-17(14)20)16-10-12-6-4-5-7-15(12)19-16/h4-11,19-20H,1-3H3. The van der Waals surface area contributed by atoms with Crippen molar-refractivity contribution in [2.45, 2.75) is 26.2 Å². The Balaban J connectivity index is 2.08. The number of fused-ring (bicyclic) bond motifs is 1. The van der Waals surface area contributed by atoms with Gasteiger partial charge < -0.3 is 10.1 Å². The molecule has 2 N–H and O–H groups in total. The van der Waals surface area contributed by atoms with E-state index in [1.807, 2.05) is 24.3 Å². The van der Waals surface area contributed by atoms with E-state index in [9.17, 15) is 5.11 Å². The van der Waals surface area contributed by atoms with Gasteiger partial charge in [-0.2, -0.15) is 0 Å². The number of rotatable bonds is 1. The fourth-order valence-electron chi connectivity index (χ4n) is 2.56. The molecule has 20 heavy (non-hydrogen) atoms. The average molecular weight is 265 g/mol. The van der Waals surface area contributed by atoms with Gasteiger partial charge in [-0.3, -0.25) is 0 Å². The molecule has 2 nitrogen and oxygen atoms in total. The summed E-state index contributed by atoms with van der Waals surface area (Å²) in [5, 5.41) is 11.4. The Bertz CT molecular complexity index is 729. The lowest BCUT2D eigenvalue weighted by atomic mass is 9.85. The second-order valence-electron chi connectivity index (χ2n) is 6.25. The van der Waals surface area contributed by atoms with Crippen LogP contribution in [0.5, 0.6) is 5.75 Å². The van der Waals surface area contributed by atoms with Gasteiger partial charge in [0.05, 0.1) is 0 Å². The van der Waals surface area contributed by atoms with Crippen LogP contribution in [-0.2, 0) is 5.41 Å². The molecule has 0 amide bonds. The molecular formula is C18H19NO. The maximum Gasteiger partial charge on any atom is 0.119 e. The Morgan fingerprint density at radius 3 is 2.35 bits per heavy atom. The summed E-state index contributed by atoms with van der Waals surface area (Å²) in [6.45, 7) is 6.31. The molecule has 0 radical (unpaired) electrons. The number of aromatic amines is 1. The highest BCUT2D eigenvalue weighted by molar-refractivity contribution is 5.86. The summed E-state index contributed by atoms with van der Waals surface area (Å²) in [5.74, 6) is 0.355. The monoisotopic (exact) mass is 265 g/mol. The van der Waals surface area contributed by atoms with E-state index < -0.39 is 0 Å². The molecule has 3 rings (SSSR count). The molecule has 0 saturated heterocycles. The second kappa shape index (κ2) is 4.41. The van der Waals surface area contributed by atoms with Crippen molar-refractivity contribution in [3.8, 4) is 17.0 Å². The lowest BCUT2D eigenvalue weighted by molar-refractivity contribution is 0.447. The van der Waals surface area contributed by atoms with Crippen molar-refractivity contribution in [2.24, 2.45) is 0 Å². The molecule has 1 heterocycles. The number of aromatic nitrogens is 1. The van der Waals surface area contributed by atoms with E-state index in [1.54, 1.807) is 0 Å². The van der Waals surface area contributed by atoms with Crippen molar-refractivity contribution in [2.75, 3.05) is 0 Å². The van der Waals surface area contributed by atoms with Gasteiger partial charge in [-0.15, -0.1) is 0 Å². The third-order valence-electron chi connectivity index (χ3n) is 3.65. The molecule has 0 unspecified atom stereocenters.